The summed E-state index contributed by atoms with van der Waals surface area (Å²) in [6.45, 7) is 7.07. The van der Waals surface area contributed by atoms with Gasteiger partial charge in [-0.05, 0) is 19.9 Å². The van der Waals surface area contributed by atoms with Crippen LogP contribution in [0.25, 0.3) is 0 Å². The van der Waals surface area contributed by atoms with E-state index in [0.717, 1.165) is 6.42 Å². The van der Waals surface area contributed by atoms with Gasteiger partial charge in [-0.25, -0.2) is 5.48 Å². The Balaban J connectivity index is 2.21. The molecule has 0 spiro atoms. The predicted molar refractivity (Wildman–Crippen MR) is 139 cm³/mol. The molecule has 1 fully saturated rings. The molecule has 0 aromatic heterocycles. The zero-order valence-corrected chi connectivity index (χ0v) is 22.9. The number of carbonyl (C=O) groups is 3. The molecule has 0 radical (unpaired) electrons. The Morgan fingerprint density at radius 2 is 1.45 bits per heavy atom. The first kappa shape index (κ1) is 34.1. The molecule has 0 bridgehead atoms. The highest BCUT2D eigenvalue weighted by molar-refractivity contribution is 5.78. The van der Waals surface area contributed by atoms with Crippen LogP contribution in [-0.4, -0.2) is 162 Å². The van der Waals surface area contributed by atoms with Gasteiger partial charge in [0.25, 0.3) is 0 Å². The maximum Gasteiger partial charge on any atom is 0.320 e. The fraction of sp³-hybridized carbons (Fsp3) is 0.875. The number of aliphatic carboxylic acids is 2. The quantitative estimate of drug-likeness (QED) is 0.0974. The first-order chi connectivity index (χ1) is 18.3. The summed E-state index contributed by atoms with van der Waals surface area (Å²) < 4.78 is 16.3. The van der Waals surface area contributed by atoms with Crippen molar-refractivity contribution in [2.75, 3.05) is 113 Å². The molecule has 1 rings (SSSR count). The number of nitrogens with one attached hydrogen (secondary N) is 2. The van der Waals surface area contributed by atoms with Crippen molar-refractivity contribution in [1.82, 2.24) is 25.5 Å². The largest absolute Gasteiger partial charge is 0.480 e. The van der Waals surface area contributed by atoms with Gasteiger partial charge in [-0.3, -0.25) is 29.0 Å². The van der Waals surface area contributed by atoms with E-state index in [1.807, 2.05) is 16.8 Å². The summed E-state index contributed by atoms with van der Waals surface area (Å²) in [5.74, 6) is -2.11. The SMILES string of the molecule is CNOCCOCCOCCCOCCNC(=O)CCC(C(=O)O)N1CCN(C)CCN(CC(=O)O)CC1. The molecule has 0 aromatic carbocycles. The average molecular weight is 550 g/mol. The third kappa shape index (κ3) is 17.6. The van der Waals surface area contributed by atoms with Crippen molar-refractivity contribution in [3.8, 4) is 0 Å². The Bertz CT molecular complexity index is 659. The second-order valence-electron chi connectivity index (χ2n) is 9.00. The summed E-state index contributed by atoms with van der Waals surface area (Å²) >= 11 is 0. The van der Waals surface area contributed by atoms with Gasteiger partial charge in [-0.1, -0.05) is 0 Å². The van der Waals surface area contributed by atoms with Crippen LogP contribution in [0.15, 0.2) is 0 Å². The van der Waals surface area contributed by atoms with Gasteiger partial charge in [0.05, 0.1) is 39.6 Å². The van der Waals surface area contributed by atoms with Crippen LogP contribution in [-0.2, 0) is 33.4 Å². The van der Waals surface area contributed by atoms with E-state index in [4.69, 9.17) is 24.2 Å². The molecule has 1 unspecified atom stereocenters. The van der Waals surface area contributed by atoms with Crippen molar-refractivity contribution in [3.63, 3.8) is 0 Å². The van der Waals surface area contributed by atoms with Crippen LogP contribution in [0.2, 0.25) is 0 Å². The van der Waals surface area contributed by atoms with Crippen molar-refractivity contribution >= 4 is 17.8 Å². The minimum absolute atomic E-state index is 0.0825. The monoisotopic (exact) mass is 549 g/mol. The first-order valence-corrected chi connectivity index (χ1v) is 13.2. The molecule has 4 N–H and O–H groups in total. The molecule has 1 aliphatic rings. The lowest BCUT2D eigenvalue weighted by molar-refractivity contribution is -0.144. The Hall–Kier alpha value is -1.91. The fourth-order valence-corrected chi connectivity index (χ4v) is 3.85. The predicted octanol–water partition coefficient (Wildman–Crippen LogP) is -1.44. The van der Waals surface area contributed by atoms with E-state index in [1.165, 1.54) is 0 Å². The number of hydroxylamine groups is 1. The van der Waals surface area contributed by atoms with E-state index in [2.05, 4.69) is 15.7 Å². The number of carboxylic acid groups (broad SMARTS) is 2. The van der Waals surface area contributed by atoms with Crippen molar-refractivity contribution in [2.45, 2.75) is 25.3 Å². The van der Waals surface area contributed by atoms with Gasteiger partial charge in [-0.15, -0.1) is 0 Å². The summed E-state index contributed by atoms with van der Waals surface area (Å²) in [7, 11) is 3.62. The Labute approximate surface area is 225 Å². The highest BCUT2D eigenvalue weighted by Crippen LogP contribution is 2.10. The Morgan fingerprint density at radius 1 is 0.842 bits per heavy atom. The summed E-state index contributed by atoms with van der Waals surface area (Å²) in [4.78, 5) is 46.0. The van der Waals surface area contributed by atoms with Crippen molar-refractivity contribution in [2.24, 2.45) is 0 Å². The molecule has 38 heavy (non-hydrogen) atoms. The van der Waals surface area contributed by atoms with E-state index in [-0.39, 0.29) is 25.3 Å². The van der Waals surface area contributed by atoms with Crippen LogP contribution in [0.4, 0.5) is 0 Å². The van der Waals surface area contributed by atoms with Crippen molar-refractivity contribution in [3.05, 3.63) is 0 Å². The molecule has 1 amide bonds. The van der Waals surface area contributed by atoms with Gasteiger partial charge in [0.2, 0.25) is 5.91 Å². The van der Waals surface area contributed by atoms with Crippen LogP contribution in [0.3, 0.4) is 0 Å². The lowest BCUT2D eigenvalue weighted by atomic mass is 10.1. The zero-order valence-electron chi connectivity index (χ0n) is 22.9. The lowest BCUT2D eigenvalue weighted by Crippen LogP contribution is -2.47. The zero-order chi connectivity index (χ0) is 28.0. The number of ether oxygens (including phenoxy) is 3. The molecule has 14 heteroatoms. The molecular weight excluding hydrogens is 502 g/mol. The topological polar surface area (TPSA) is 162 Å². The van der Waals surface area contributed by atoms with E-state index in [9.17, 15) is 19.5 Å². The Morgan fingerprint density at radius 3 is 2.13 bits per heavy atom. The van der Waals surface area contributed by atoms with Gasteiger partial charge in [0.1, 0.15) is 6.04 Å². The summed E-state index contributed by atoms with van der Waals surface area (Å²) in [5.41, 5.74) is 2.56. The molecule has 1 atom stereocenters. The maximum absolute atomic E-state index is 12.3. The number of hydrogen-bond donors (Lipinski definition) is 4. The second kappa shape index (κ2) is 22.0. The molecular formula is C24H47N5O9. The van der Waals surface area contributed by atoms with E-state index in [1.54, 1.807) is 7.05 Å². The number of hydrogen-bond acceptors (Lipinski definition) is 11. The van der Waals surface area contributed by atoms with Crippen LogP contribution < -0.4 is 10.8 Å². The van der Waals surface area contributed by atoms with Crippen molar-refractivity contribution < 1.29 is 43.6 Å². The third-order valence-electron chi connectivity index (χ3n) is 5.99. The van der Waals surface area contributed by atoms with Crippen LogP contribution in [0.1, 0.15) is 19.3 Å². The van der Waals surface area contributed by atoms with E-state index < -0.39 is 18.0 Å². The highest BCUT2D eigenvalue weighted by atomic mass is 16.7. The van der Waals surface area contributed by atoms with Gasteiger partial charge < -0.3 is 34.6 Å². The number of likely N-dealkylation sites (N-methyl/N-ethyl adjacent to an activating group) is 1. The number of rotatable bonds is 21. The second-order valence-corrected chi connectivity index (χ2v) is 9.00. The fourth-order valence-electron chi connectivity index (χ4n) is 3.85. The lowest BCUT2D eigenvalue weighted by Gasteiger charge is -2.30. The minimum Gasteiger partial charge on any atom is -0.480 e. The molecule has 14 nitrogen and oxygen atoms in total. The van der Waals surface area contributed by atoms with Crippen molar-refractivity contribution in [1.29, 1.82) is 0 Å². The molecule has 0 aliphatic carbocycles. The number of carboxylic acids is 2. The first-order valence-electron chi connectivity index (χ1n) is 13.2. The van der Waals surface area contributed by atoms with E-state index in [0.29, 0.717) is 92.1 Å². The van der Waals surface area contributed by atoms with Crippen LogP contribution in [0, 0.1) is 0 Å². The third-order valence-corrected chi connectivity index (χ3v) is 5.99. The minimum atomic E-state index is -0.982. The maximum atomic E-state index is 12.3. The standard InChI is InChI=1S/C24H47N5O9/c1-25-38-19-18-37-17-16-36-14-3-13-35-15-6-26-22(30)5-4-21(24(33)34)29-11-8-27(2)7-9-28(10-12-29)20-23(31)32/h21,25H,3-20H2,1-2H3,(H,26,30)(H,31,32)(H,33,34). The number of carbonyl (C=O) groups excluding carboxylic acids is 1. The summed E-state index contributed by atoms with van der Waals surface area (Å²) in [6, 6.07) is -0.817. The average Bonchev–Trinajstić information content (AvgIpc) is 2.95. The van der Waals surface area contributed by atoms with Gasteiger partial charge in [0, 0.05) is 72.5 Å². The van der Waals surface area contributed by atoms with Gasteiger partial charge >= 0.3 is 11.9 Å². The molecule has 222 valence electrons. The molecule has 1 aliphatic heterocycles. The number of amides is 1. The van der Waals surface area contributed by atoms with Crippen LogP contribution >= 0.6 is 0 Å². The molecule has 0 saturated carbocycles. The van der Waals surface area contributed by atoms with E-state index >= 15 is 0 Å². The number of nitrogens with zero attached hydrogens (tertiary/aromatic N) is 3. The highest BCUT2D eigenvalue weighted by Gasteiger charge is 2.28. The smallest absolute Gasteiger partial charge is 0.320 e. The molecule has 1 saturated heterocycles. The van der Waals surface area contributed by atoms with Gasteiger partial charge in [0.15, 0.2) is 0 Å². The summed E-state index contributed by atoms with van der Waals surface area (Å²) in [6.07, 6.45) is 0.986. The normalized spacial score (nSPS) is 16.9. The van der Waals surface area contributed by atoms with Gasteiger partial charge in [-0.2, -0.15) is 0 Å². The Kier molecular flexibility index (Phi) is 19.7. The summed E-state index contributed by atoms with van der Waals surface area (Å²) in [5, 5.41) is 21.7. The molecule has 0 aromatic rings. The molecule has 1 heterocycles. The van der Waals surface area contributed by atoms with Crippen LogP contribution in [0.5, 0.6) is 0 Å².